The van der Waals surface area contributed by atoms with Crippen LogP contribution < -0.4 is 10.2 Å². The fourth-order valence-corrected chi connectivity index (χ4v) is 4.34. The third kappa shape index (κ3) is 5.04. The highest BCUT2D eigenvalue weighted by molar-refractivity contribution is 5.71. The summed E-state index contributed by atoms with van der Waals surface area (Å²) in [6, 6.07) is 9.12. The molecule has 4 rings (SSSR count). The second-order valence-electron chi connectivity index (χ2n) is 8.29. The Morgan fingerprint density at radius 2 is 1.82 bits per heavy atom. The maximum Gasteiger partial charge on any atom is 0.240 e. The largest absolute Gasteiger partial charge is 0.490 e. The number of amides is 1. The van der Waals surface area contributed by atoms with E-state index in [0.717, 1.165) is 43.0 Å². The van der Waals surface area contributed by atoms with Gasteiger partial charge >= 0.3 is 0 Å². The van der Waals surface area contributed by atoms with Crippen LogP contribution in [0.25, 0.3) is 0 Å². The van der Waals surface area contributed by atoms with Gasteiger partial charge in [0.15, 0.2) is 0 Å². The maximum absolute atomic E-state index is 11.0. The molecular formula is C22H32N2O4. The molecule has 1 aliphatic carbocycles. The zero-order valence-electron chi connectivity index (χ0n) is 16.8. The Bertz CT molecular complexity index is 638. The van der Waals surface area contributed by atoms with Crippen molar-refractivity contribution >= 4 is 5.91 Å². The van der Waals surface area contributed by atoms with Crippen molar-refractivity contribution in [2.75, 3.05) is 19.7 Å². The number of ether oxygens (including phenoxy) is 2. The summed E-state index contributed by atoms with van der Waals surface area (Å²) >= 11 is 0. The molecule has 0 spiro atoms. The Labute approximate surface area is 167 Å². The van der Waals surface area contributed by atoms with Gasteiger partial charge in [-0.3, -0.25) is 9.63 Å². The second kappa shape index (κ2) is 9.25. The first kappa shape index (κ1) is 19.7. The smallest absolute Gasteiger partial charge is 0.240 e. The molecule has 2 heterocycles. The number of hydroxylamine groups is 1. The SMILES string of the molecule is CC(=O)NOC1CCOC(c2ccc(OC3CCN(C4CCC4)CC3)cc2)C1. The second-order valence-corrected chi connectivity index (χ2v) is 8.29. The van der Waals surface area contributed by atoms with Gasteiger partial charge in [0, 0.05) is 39.1 Å². The molecule has 154 valence electrons. The minimum absolute atomic E-state index is 0.00715. The zero-order valence-corrected chi connectivity index (χ0v) is 16.8. The average Bonchev–Trinajstić information content (AvgIpc) is 2.67. The summed E-state index contributed by atoms with van der Waals surface area (Å²) in [5.41, 5.74) is 3.57. The van der Waals surface area contributed by atoms with Crippen LogP contribution in [0.15, 0.2) is 24.3 Å². The van der Waals surface area contributed by atoms with Crippen molar-refractivity contribution in [1.82, 2.24) is 10.4 Å². The lowest BCUT2D eigenvalue weighted by Gasteiger charge is -2.41. The van der Waals surface area contributed by atoms with E-state index in [4.69, 9.17) is 14.3 Å². The molecule has 3 aliphatic rings. The van der Waals surface area contributed by atoms with Crippen molar-refractivity contribution < 1.29 is 19.1 Å². The van der Waals surface area contributed by atoms with Crippen LogP contribution in [0.2, 0.25) is 0 Å². The van der Waals surface area contributed by atoms with E-state index in [-0.39, 0.29) is 18.1 Å². The molecule has 6 heteroatoms. The highest BCUT2D eigenvalue weighted by atomic mass is 16.7. The number of nitrogens with zero attached hydrogens (tertiary/aromatic N) is 1. The first-order valence-electron chi connectivity index (χ1n) is 10.7. The minimum atomic E-state index is -0.178. The Morgan fingerprint density at radius 1 is 1.07 bits per heavy atom. The first-order valence-corrected chi connectivity index (χ1v) is 10.7. The molecule has 1 aromatic rings. The summed E-state index contributed by atoms with van der Waals surface area (Å²) in [7, 11) is 0. The number of benzene rings is 1. The topological polar surface area (TPSA) is 60.0 Å². The van der Waals surface area contributed by atoms with Gasteiger partial charge in [-0.15, -0.1) is 0 Å². The van der Waals surface area contributed by atoms with Crippen molar-refractivity contribution in [3.05, 3.63) is 29.8 Å². The van der Waals surface area contributed by atoms with Crippen molar-refractivity contribution in [3.63, 3.8) is 0 Å². The molecule has 1 N–H and O–H groups in total. The molecule has 2 aliphatic heterocycles. The predicted octanol–water partition coefficient (Wildman–Crippen LogP) is 3.37. The van der Waals surface area contributed by atoms with Crippen molar-refractivity contribution in [3.8, 4) is 5.75 Å². The number of piperidine rings is 1. The monoisotopic (exact) mass is 388 g/mol. The molecular weight excluding hydrogens is 356 g/mol. The van der Waals surface area contributed by atoms with Crippen molar-refractivity contribution in [1.29, 1.82) is 0 Å². The number of rotatable bonds is 6. The lowest BCUT2D eigenvalue weighted by Crippen LogP contribution is -2.46. The molecule has 3 fully saturated rings. The summed E-state index contributed by atoms with van der Waals surface area (Å²) in [6.07, 6.45) is 8.23. The first-order chi connectivity index (χ1) is 13.7. The van der Waals surface area contributed by atoms with E-state index in [0.29, 0.717) is 12.7 Å². The van der Waals surface area contributed by atoms with Gasteiger partial charge in [0.25, 0.3) is 0 Å². The number of carbonyl (C=O) groups excluding carboxylic acids is 1. The molecule has 1 saturated carbocycles. The van der Waals surface area contributed by atoms with Crippen LogP contribution in [0, 0.1) is 0 Å². The lowest BCUT2D eigenvalue weighted by molar-refractivity contribution is -0.146. The van der Waals surface area contributed by atoms with E-state index in [1.165, 1.54) is 39.3 Å². The van der Waals surface area contributed by atoms with Gasteiger partial charge in [0.1, 0.15) is 11.9 Å². The van der Waals surface area contributed by atoms with Crippen molar-refractivity contribution in [2.45, 2.75) is 76.2 Å². The quantitative estimate of drug-likeness (QED) is 0.757. The van der Waals surface area contributed by atoms with Crippen LogP contribution in [0.5, 0.6) is 5.75 Å². The predicted molar refractivity (Wildman–Crippen MR) is 106 cm³/mol. The third-order valence-corrected chi connectivity index (χ3v) is 6.23. The van der Waals surface area contributed by atoms with Crippen molar-refractivity contribution in [2.24, 2.45) is 0 Å². The molecule has 0 aromatic heterocycles. The molecule has 6 nitrogen and oxygen atoms in total. The molecule has 1 aromatic carbocycles. The number of carbonyl (C=O) groups is 1. The highest BCUT2D eigenvalue weighted by Gasteiger charge is 2.29. The summed E-state index contributed by atoms with van der Waals surface area (Å²) < 4.78 is 12.1. The van der Waals surface area contributed by atoms with Gasteiger partial charge < -0.3 is 14.4 Å². The molecule has 0 bridgehead atoms. The van der Waals surface area contributed by atoms with E-state index in [1.54, 1.807) is 0 Å². The normalized spacial score (nSPS) is 27.2. The van der Waals surface area contributed by atoms with E-state index in [1.807, 2.05) is 0 Å². The lowest BCUT2D eigenvalue weighted by atomic mass is 9.90. The summed E-state index contributed by atoms with van der Waals surface area (Å²) in [5.74, 6) is 0.760. The Hall–Kier alpha value is -1.63. The third-order valence-electron chi connectivity index (χ3n) is 6.23. The van der Waals surface area contributed by atoms with Gasteiger partial charge in [-0.05, 0) is 49.8 Å². The average molecular weight is 389 g/mol. The molecule has 2 saturated heterocycles. The molecule has 2 atom stereocenters. The van der Waals surface area contributed by atoms with Gasteiger partial charge in [-0.2, -0.15) is 0 Å². The van der Waals surface area contributed by atoms with Gasteiger partial charge in [0.2, 0.25) is 5.91 Å². The highest BCUT2D eigenvalue weighted by Crippen LogP contribution is 2.31. The van der Waals surface area contributed by atoms with Crippen LogP contribution in [0.3, 0.4) is 0 Å². The van der Waals surface area contributed by atoms with Gasteiger partial charge in [-0.25, -0.2) is 5.48 Å². The number of likely N-dealkylation sites (tertiary alicyclic amines) is 1. The number of nitrogens with one attached hydrogen (secondary N) is 1. The van der Waals surface area contributed by atoms with Gasteiger partial charge in [0.05, 0.1) is 12.2 Å². The van der Waals surface area contributed by atoms with Crippen LogP contribution in [-0.2, 0) is 14.4 Å². The van der Waals surface area contributed by atoms with E-state index < -0.39 is 0 Å². The van der Waals surface area contributed by atoms with E-state index >= 15 is 0 Å². The molecule has 0 radical (unpaired) electrons. The van der Waals surface area contributed by atoms with Crippen LogP contribution in [0.4, 0.5) is 0 Å². The summed E-state index contributed by atoms with van der Waals surface area (Å²) in [4.78, 5) is 19.1. The number of hydrogen-bond acceptors (Lipinski definition) is 5. The standard InChI is InChI=1S/C22H32N2O4/c1-16(25)23-28-21-11-14-26-22(15-21)17-5-7-19(8-6-17)27-20-9-12-24(13-10-20)18-3-2-4-18/h5-8,18,20-22H,2-4,9-15H2,1H3,(H,23,25). The zero-order chi connectivity index (χ0) is 19.3. The Balaban J connectivity index is 1.25. The Morgan fingerprint density at radius 3 is 2.46 bits per heavy atom. The van der Waals surface area contributed by atoms with E-state index in [9.17, 15) is 4.79 Å². The summed E-state index contributed by atoms with van der Waals surface area (Å²) in [6.45, 7) is 4.41. The van der Waals surface area contributed by atoms with Crippen LogP contribution >= 0.6 is 0 Å². The van der Waals surface area contributed by atoms with E-state index in [2.05, 4.69) is 34.6 Å². The molecule has 28 heavy (non-hydrogen) atoms. The molecule has 1 amide bonds. The fourth-order valence-electron chi connectivity index (χ4n) is 4.34. The number of hydrogen-bond donors (Lipinski definition) is 1. The minimum Gasteiger partial charge on any atom is -0.490 e. The maximum atomic E-state index is 11.0. The summed E-state index contributed by atoms with van der Waals surface area (Å²) in [5, 5.41) is 0. The Kier molecular flexibility index (Phi) is 6.50. The fraction of sp³-hybridized carbons (Fsp3) is 0.682. The van der Waals surface area contributed by atoms with Crippen LogP contribution in [0.1, 0.15) is 63.5 Å². The molecule has 2 unspecified atom stereocenters. The van der Waals surface area contributed by atoms with Gasteiger partial charge in [-0.1, -0.05) is 18.6 Å². The van der Waals surface area contributed by atoms with Crippen LogP contribution in [-0.4, -0.2) is 48.8 Å².